The molecule has 0 spiro atoms. The molecule has 6 heteroatoms. The van der Waals surface area contributed by atoms with E-state index in [2.05, 4.69) is 15.2 Å². The molecule has 2 heterocycles. The number of aromatic nitrogens is 1. The lowest BCUT2D eigenvalue weighted by Crippen LogP contribution is -2.28. The van der Waals surface area contributed by atoms with Crippen LogP contribution in [0, 0.1) is 0 Å². The predicted octanol–water partition coefficient (Wildman–Crippen LogP) is 2.87. The highest BCUT2D eigenvalue weighted by Gasteiger charge is 2.20. The zero-order valence-corrected chi connectivity index (χ0v) is 15.2. The molecule has 1 saturated heterocycles. The van der Waals surface area contributed by atoms with E-state index < -0.39 is 9.84 Å². The molecular weight excluding hydrogens is 346 g/mol. The molecule has 134 valence electrons. The van der Waals surface area contributed by atoms with Crippen molar-refractivity contribution in [3.8, 4) is 0 Å². The molecule has 0 unspecified atom stereocenters. The maximum Gasteiger partial charge on any atom is 0.206 e. The number of pyridine rings is 1. The van der Waals surface area contributed by atoms with Crippen molar-refractivity contribution in [3.63, 3.8) is 0 Å². The maximum atomic E-state index is 13.0. The monoisotopic (exact) mass is 367 g/mol. The molecule has 2 aromatic carbocycles. The second-order valence-electron chi connectivity index (χ2n) is 6.42. The molecule has 4 rings (SSSR count). The lowest BCUT2D eigenvalue weighted by Gasteiger charge is -2.22. The largest absolute Gasteiger partial charge is 0.355 e. The molecule has 0 aliphatic carbocycles. The molecule has 3 aromatic rings. The molecule has 0 radical (unpaired) electrons. The lowest BCUT2D eigenvalue weighted by molar-refractivity contribution is 0.596. The van der Waals surface area contributed by atoms with Crippen molar-refractivity contribution >= 4 is 26.4 Å². The Morgan fingerprint density at radius 3 is 2.62 bits per heavy atom. The van der Waals surface area contributed by atoms with Gasteiger partial charge >= 0.3 is 0 Å². The number of nitrogens with one attached hydrogen (secondary N) is 1. The third-order valence-electron chi connectivity index (χ3n) is 4.72. The van der Waals surface area contributed by atoms with Crippen molar-refractivity contribution in [1.29, 1.82) is 0 Å². The van der Waals surface area contributed by atoms with Gasteiger partial charge in [-0.05, 0) is 48.7 Å². The Hall–Kier alpha value is -2.44. The van der Waals surface area contributed by atoms with E-state index in [4.69, 9.17) is 0 Å². The van der Waals surface area contributed by atoms with Crippen LogP contribution in [0.15, 0.2) is 70.6 Å². The van der Waals surface area contributed by atoms with Crippen LogP contribution in [-0.4, -0.2) is 39.6 Å². The topological polar surface area (TPSA) is 62.3 Å². The molecule has 0 atom stereocenters. The molecule has 1 aromatic heterocycles. The first-order chi connectivity index (χ1) is 12.7. The SMILES string of the molecule is O=S(=O)(c1ccccc1)c1ccc2ccnc(N3CCCNCC3)c2c1. The molecule has 1 N–H and O–H groups in total. The van der Waals surface area contributed by atoms with Gasteiger partial charge in [-0.1, -0.05) is 24.3 Å². The third kappa shape index (κ3) is 3.18. The summed E-state index contributed by atoms with van der Waals surface area (Å²) in [6.45, 7) is 3.67. The average molecular weight is 367 g/mol. The zero-order chi connectivity index (χ0) is 18.0. The summed E-state index contributed by atoms with van der Waals surface area (Å²) < 4.78 is 26.0. The van der Waals surface area contributed by atoms with Crippen LogP contribution in [0.4, 0.5) is 5.82 Å². The molecule has 0 bridgehead atoms. The number of nitrogens with zero attached hydrogens (tertiary/aromatic N) is 2. The Labute approximate surface area is 153 Å². The van der Waals surface area contributed by atoms with Gasteiger partial charge in [-0.25, -0.2) is 13.4 Å². The molecule has 0 saturated carbocycles. The first-order valence-corrected chi connectivity index (χ1v) is 10.3. The summed E-state index contributed by atoms with van der Waals surface area (Å²) in [5.74, 6) is 0.858. The Balaban J connectivity index is 1.83. The van der Waals surface area contributed by atoms with Crippen molar-refractivity contribution in [2.24, 2.45) is 0 Å². The van der Waals surface area contributed by atoms with E-state index in [1.807, 2.05) is 18.2 Å². The minimum absolute atomic E-state index is 0.304. The first kappa shape index (κ1) is 17.0. The van der Waals surface area contributed by atoms with E-state index in [1.165, 1.54) is 0 Å². The number of hydrogen-bond donors (Lipinski definition) is 1. The third-order valence-corrected chi connectivity index (χ3v) is 6.49. The molecule has 1 fully saturated rings. The predicted molar refractivity (Wildman–Crippen MR) is 103 cm³/mol. The number of fused-ring (bicyclic) bond motifs is 1. The zero-order valence-electron chi connectivity index (χ0n) is 14.4. The van der Waals surface area contributed by atoms with Crippen LogP contribution in [0.2, 0.25) is 0 Å². The van der Waals surface area contributed by atoms with Gasteiger partial charge in [0.1, 0.15) is 5.82 Å². The Kier molecular flexibility index (Phi) is 4.61. The van der Waals surface area contributed by atoms with Crippen molar-refractivity contribution in [2.45, 2.75) is 16.2 Å². The van der Waals surface area contributed by atoms with E-state index in [-0.39, 0.29) is 0 Å². The summed E-state index contributed by atoms with van der Waals surface area (Å²) in [5.41, 5.74) is 0. The van der Waals surface area contributed by atoms with Crippen molar-refractivity contribution in [1.82, 2.24) is 10.3 Å². The number of rotatable bonds is 3. The molecular formula is C20H21N3O2S. The van der Waals surface area contributed by atoms with Crippen LogP contribution in [-0.2, 0) is 9.84 Å². The summed E-state index contributed by atoms with van der Waals surface area (Å²) >= 11 is 0. The number of hydrogen-bond acceptors (Lipinski definition) is 5. The van der Waals surface area contributed by atoms with E-state index >= 15 is 0 Å². The molecule has 1 aliphatic heterocycles. The smallest absolute Gasteiger partial charge is 0.206 e. The Morgan fingerprint density at radius 2 is 1.77 bits per heavy atom. The second-order valence-corrected chi connectivity index (χ2v) is 8.37. The van der Waals surface area contributed by atoms with Gasteiger partial charge < -0.3 is 10.2 Å². The molecule has 26 heavy (non-hydrogen) atoms. The minimum atomic E-state index is -3.54. The Morgan fingerprint density at radius 1 is 0.923 bits per heavy atom. The average Bonchev–Trinajstić information content (AvgIpc) is 2.97. The Bertz CT molecular complexity index is 1010. The van der Waals surface area contributed by atoms with Gasteiger partial charge in [0.2, 0.25) is 9.84 Å². The highest BCUT2D eigenvalue weighted by atomic mass is 32.2. The summed E-state index contributed by atoms with van der Waals surface area (Å²) in [6.07, 6.45) is 2.83. The van der Waals surface area contributed by atoms with Crippen LogP contribution in [0.1, 0.15) is 6.42 Å². The van der Waals surface area contributed by atoms with Gasteiger partial charge in [0.15, 0.2) is 0 Å². The van der Waals surface area contributed by atoms with Gasteiger partial charge in [-0.15, -0.1) is 0 Å². The molecule has 5 nitrogen and oxygen atoms in total. The van der Waals surface area contributed by atoms with Crippen molar-refractivity contribution in [2.75, 3.05) is 31.1 Å². The summed E-state index contributed by atoms with van der Waals surface area (Å²) in [6, 6.07) is 15.8. The quantitative estimate of drug-likeness (QED) is 0.771. The van der Waals surface area contributed by atoms with Gasteiger partial charge in [0, 0.05) is 31.2 Å². The van der Waals surface area contributed by atoms with Crippen LogP contribution in [0.3, 0.4) is 0 Å². The van der Waals surface area contributed by atoms with E-state index in [0.29, 0.717) is 9.79 Å². The summed E-state index contributed by atoms with van der Waals surface area (Å²) in [7, 11) is -3.54. The van der Waals surface area contributed by atoms with E-state index in [1.54, 1.807) is 42.6 Å². The van der Waals surface area contributed by atoms with E-state index in [9.17, 15) is 8.42 Å². The van der Waals surface area contributed by atoms with Crippen molar-refractivity contribution < 1.29 is 8.42 Å². The number of sulfone groups is 1. The van der Waals surface area contributed by atoms with E-state index in [0.717, 1.165) is 49.2 Å². The number of benzene rings is 2. The molecule has 1 aliphatic rings. The first-order valence-electron chi connectivity index (χ1n) is 8.81. The highest BCUT2D eigenvalue weighted by Crippen LogP contribution is 2.29. The van der Waals surface area contributed by atoms with Gasteiger partial charge in [0.25, 0.3) is 0 Å². The molecule has 0 amide bonds. The standard InChI is InChI=1S/C20H21N3O2S/c24-26(25,17-5-2-1-3-6-17)18-8-7-16-9-11-22-20(19(16)15-18)23-13-4-10-21-12-14-23/h1-3,5-9,11,15,21H,4,10,12-14H2. The minimum Gasteiger partial charge on any atom is -0.355 e. The van der Waals surface area contributed by atoms with Crippen LogP contribution in [0.5, 0.6) is 0 Å². The second kappa shape index (κ2) is 7.05. The van der Waals surface area contributed by atoms with Gasteiger partial charge in [-0.3, -0.25) is 0 Å². The fourth-order valence-corrected chi connectivity index (χ4v) is 4.65. The fraction of sp³-hybridized carbons (Fsp3) is 0.250. The summed E-state index contributed by atoms with van der Waals surface area (Å²) in [4.78, 5) is 7.42. The lowest BCUT2D eigenvalue weighted by atomic mass is 10.1. The normalized spacial score (nSPS) is 15.8. The summed E-state index contributed by atoms with van der Waals surface area (Å²) in [5, 5.41) is 5.27. The van der Waals surface area contributed by atoms with Gasteiger partial charge in [0.05, 0.1) is 9.79 Å². The number of anilines is 1. The van der Waals surface area contributed by atoms with Crippen molar-refractivity contribution in [3.05, 3.63) is 60.8 Å². The van der Waals surface area contributed by atoms with Crippen LogP contribution in [0.25, 0.3) is 10.8 Å². The highest BCUT2D eigenvalue weighted by molar-refractivity contribution is 7.91. The van der Waals surface area contributed by atoms with Crippen LogP contribution >= 0.6 is 0 Å². The van der Waals surface area contributed by atoms with Gasteiger partial charge in [-0.2, -0.15) is 0 Å². The fourth-order valence-electron chi connectivity index (χ4n) is 3.34. The van der Waals surface area contributed by atoms with Crippen LogP contribution < -0.4 is 10.2 Å². The maximum absolute atomic E-state index is 13.0.